The molecule has 118 valence electrons. The predicted molar refractivity (Wildman–Crippen MR) is 78.8 cm³/mol. The summed E-state index contributed by atoms with van der Waals surface area (Å²) in [4.78, 5) is 4.83. The van der Waals surface area contributed by atoms with E-state index in [2.05, 4.69) is 9.80 Å². The summed E-state index contributed by atoms with van der Waals surface area (Å²) in [6.07, 6.45) is 4.35. The summed E-state index contributed by atoms with van der Waals surface area (Å²) in [5.74, 6) is 0. The lowest BCUT2D eigenvalue weighted by Crippen LogP contribution is -2.46. The molecular weight excluding hydrogens is 256 g/mol. The normalized spacial score (nSPS) is 30.1. The van der Waals surface area contributed by atoms with Crippen LogP contribution in [0.15, 0.2) is 0 Å². The van der Waals surface area contributed by atoms with Crippen LogP contribution in [0.3, 0.4) is 0 Å². The van der Waals surface area contributed by atoms with Gasteiger partial charge in [0.2, 0.25) is 0 Å². The lowest BCUT2D eigenvalue weighted by Gasteiger charge is -2.32. The summed E-state index contributed by atoms with van der Waals surface area (Å²) < 4.78 is 5.29. The molecule has 2 N–H and O–H groups in total. The lowest BCUT2D eigenvalue weighted by atomic mass is 10.1. The van der Waals surface area contributed by atoms with Crippen molar-refractivity contribution in [3.63, 3.8) is 0 Å². The van der Waals surface area contributed by atoms with Gasteiger partial charge in [0, 0.05) is 31.8 Å². The van der Waals surface area contributed by atoms with Gasteiger partial charge in [0.15, 0.2) is 0 Å². The average molecular weight is 286 g/mol. The monoisotopic (exact) mass is 286 g/mol. The fourth-order valence-corrected chi connectivity index (χ4v) is 3.53. The minimum atomic E-state index is -0.386. The number of ether oxygens (including phenoxy) is 1. The highest BCUT2D eigenvalue weighted by molar-refractivity contribution is 4.87. The van der Waals surface area contributed by atoms with Crippen molar-refractivity contribution in [3.8, 4) is 0 Å². The molecule has 0 saturated carbocycles. The molecule has 0 radical (unpaired) electrons. The van der Waals surface area contributed by atoms with Crippen LogP contribution in [0.4, 0.5) is 0 Å². The molecule has 0 amide bonds. The van der Waals surface area contributed by atoms with Gasteiger partial charge in [-0.1, -0.05) is 0 Å². The Morgan fingerprint density at radius 3 is 2.55 bits per heavy atom. The van der Waals surface area contributed by atoms with Crippen LogP contribution in [0, 0.1) is 0 Å². The van der Waals surface area contributed by atoms with E-state index < -0.39 is 0 Å². The minimum absolute atomic E-state index is 0.277. The topological polar surface area (TPSA) is 56.2 Å². The van der Waals surface area contributed by atoms with Crippen molar-refractivity contribution in [2.24, 2.45) is 0 Å². The molecule has 3 atom stereocenters. The summed E-state index contributed by atoms with van der Waals surface area (Å²) in [5.41, 5.74) is 0. The number of β-amino-alcohol motifs (C(OH)–C–C–N with tert-alkyl or cyclic N) is 1. The predicted octanol–water partition coefficient (Wildman–Crippen LogP) is 0.305. The molecule has 0 aromatic carbocycles. The van der Waals surface area contributed by atoms with Crippen LogP contribution in [-0.4, -0.2) is 84.2 Å². The van der Waals surface area contributed by atoms with Crippen molar-refractivity contribution < 1.29 is 14.9 Å². The fraction of sp³-hybridized carbons (Fsp3) is 1.00. The van der Waals surface area contributed by atoms with E-state index in [1.165, 1.54) is 19.3 Å². The molecule has 20 heavy (non-hydrogen) atoms. The Labute approximate surface area is 122 Å². The molecule has 0 spiro atoms. The molecule has 0 aromatic rings. The van der Waals surface area contributed by atoms with Crippen LogP contribution >= 0.6 is 0 Å². The fourth-order valence-electron chi connectivity index (χ4n) is 3.53. The van der Waals surface area contributed by atoms with Gasteiger partial charge >= 0.3 is 0 Å². The van der Waals surface area contributed by atoms with Gasteiger partial charge in [-0.2, -0.15) is 0 Å². The van der Waals surface area contributed by atoms with Crippen molar-refractivity contribution in [1.82, 2.24) is 9.80 Å². The zero-order valence-electron chi connectivity index (χ0n) is 12.7. The molecule has 2 aliphatic rings. The van der Waals surface area contributed by atoms with Crippen LogP contribution in [-0.2, 0) is 4.74 Å². The third-order valence-corrected chi connectivity index (χ3v) is 4.61. The second-order valence-corrected chi connectivity index (χ2v) is 6.08. The maximum Gasteiger partial charge on any atom is 0.0900 e. The second kappa shape index (κ2) is 8.29. The number of aliphatic hydroxyl groups excluding tert-OH is 2. The summed E-state index contributed by atoms with van der Waals surface area (Å²) >= 11 is 0. The van der Waals surface area contributed by atoms with Crippen LogP contribution in [0.1, 0.15) is 32.6 Å². The third-order valence-electron chi connectivity index (χ3n) is 4.61. The molecule has 2 fully saturated rings. The van der Waals surface area contributed by atoms with E-state index in [0.29, 0.717) is 31.8 Å². The van der Waals surface area contributed by atoms with E-state index in [1.54, 1.807) is 0 Å². The van der Waals surface area contributed by atoms with Gasteiger partial charge < -0.3 is 14.9 Å². The molecule has 0 aliphatic carbocycles. The molecule has 5 nitrogen and oxygen atoms in total. The third kappa shape index (κ3) is 4.40. The van der Waals surface area contributed by atoms with Crippen molar-refractivity contribution >= 4 is 0 Å². The zero-order valence-corrected chi connectivity index (χ0v) is 12.7. The molecule has 2 aliphatic heterocycles. The van der Waals surface area contributed by atoms with E-state index in [1.807, 2.05) is 6.92 Å². The van der Waals surface area contributed by atoms with Crippen molar-refractivity contribution in [3.05, 3.63) is 0 Å². The van der Waals surface area contributed by atoms with E-state index >= 15 is 0 Å². The molecule has 3 unspecified atom stereocenters. The Morgan fingerprint density at radius 2 is 1.85 bits per heavy atom. The first-order chi connectivity index (χ1) is 9.74. The van der Waals surface area contributed by atoms with Gasteiger partial charge in [-0.15, -0.1) is 0 Å². The zero-order chi connectivity index (χ0) is 14.4. The SMILES string of the molecule is CCOCC(O)CN1CCCC1CN1CCCC1CO. The van der Waals surface area contributed by atoms with Gasteiger partial charge in [-0.05, 0) is 45.7 Å². The van der Waals surface area contributed by atoms with Gasteiger partial charge in [0.25, 0.3) is 0 Å². The van der Waals surface area contributed by atoms with Crippen LogP contribution in [0.25, 0.3) is 0 Å². The molecular formula is C15H30N2O3. The number of rotatable bonds is 8. The molecule has 0 aromatic heterocycles. The van der Waals surface area contributed by atoms with Crippen LogP contribution in [0.2, 0.25) is 0 Å². The first-order valence-electron chi connectivity index (χ1n) is 8.09. The highest BCUT2D eigenvalue weighted by atomic mass is 16.5. The largest absolute Gasteiger partial charge is 0.395 e. The Morgan fingerprint density at radius 1 is 1.15 bits per heavy atom. The maximum atomic E-state index is 10.00. The van der Waals surface area contributed by atoms with Gasteiger partial charge in [0.05, 0.1) is 19.3 Å². The summed E-state index contributed by atoms with van der Waals surface area (Å²) in [6, 6.07) is 0.879. The molecule has 2 heterocycles. The molecule has 2 saturated heterocycles. The number of hydrogen-bond acceptors (Lipinski definition) is 5. The average Bonchev–Trinajstić information content (AvgIpc) is 3.07. The summed E-state index contributed by atoms with van der Waals surface area (Å²) in [7, 11) is 0. The van der Waals surface area contributed by atoms with Gasteiger partial charge in [-0.25, -0.2) is 0 Å². The summed E-state index contributed by atoms with van der Waals surface area (Å²) in [6.45, 7) is 7.25. The quantitative estimate of drug-likeness (QED) is 0.672. The van der Waals surface area contributed by atoms with Crippen molar-refractivity contribution in [2.45, 2.75) is 50.8 Å². The smallest absolute Gasteiger partial charge is 0.0900 e. The summed E-state index contributed by atoms with van der Waals surface area (Å²) in [5, 5.41) is 19.4. The highest BCUT2D eigenvalue weighted by Crippen LogP contribution is 2.23. The number of nitrogens with zero attached hydrogens (tertiary/aromatic N) is 2. The number of likely N-dealkylation sites (tertiary alicyclic amines) is 2. The Balaban J connectivity index is 1.78. The van der Waals surface area contributed by atoms with E-state index in [4.69, 9.17) is 4.74 Å². The van der Waals surface area contributed by atoms with Crippen molar-refractivity contribution in [2.75, 3.05) is 46.0 Å². The Bertz CT molecular complexity index is 278. The number of aliphatic hydroxyl groups is 2. The standard InChI is InChI=1S/C15H30N2O3/c1-2-20-12-15(19)10-17-8-3-5-13(17)9-16-7-4-6-14(16)11-18/h13-15,18-19H,2-12H2,1H3. The van der Waals surface area contributed by atoms with E-state index in [-0.39, 0.29) is 12.7 Å². The highest BCUT2D eigenvalue weighted by Gasteiger charge is 2.31. The Kier molecular flexibility index (Phi) is 6.71. The maximum absolute atomic E-state index is 10.00. The molecule has 0 bridgehead atoms. The van der Waals surface area contributed by atoms with Crippen LogP contribution < -0.4 is 0 Å². The molecule has 5 heteroatoms. The second-order valence-electron chi connectivity index (χ2n) is 6.08. The van der Waals surface area contributed by atoms with E-state index in [0.717, 1.165) is 26.1 Å². The first-order valence-corrected chi connectivity index (χ1v) is 8.09. The molecule has 2 rings (SSSR count). The van der Waals surface area contributed by atoms with Gasteiger partial charge in [-0.3, -0.25) is 9.80 Å². The lowest BCUT2D eigenvalue weighted by molar-refractivity contribution is 0.0147. The van der Waals surface area contributed by atoms with Crippen molar-refractivity contribution in [1.29, 1.82) is 0 Å². The van der Waals surface area contributed by atoms with Crippen LogP contribution in [0.5, 0.6) is 0 Å². The van der Waals surface area contributed by atoms with Gasteiger partial charge in [0.1, 0.15) is 0 Å². The number of hydrogen-bond donors (Lipinski definition) is 2. The first kappa shape index (κ1) is 16.2. The van der Waals surface area contributed by atoms with E-state index in [9.17, 15) is 10.2 Å². The minimum Gasteiger partial charge on any atom is -0.395 e. The Hall–Kier alpha value is -0.200.